The van der Waals surface area contributed by atoms with Crippen LogP contribution in [0.1, 0.15) is 67.7 Å². The van der Waals surface area contributed by atoms with Crippen molar-refractivity contribution in [2.75, 3.05) is 0 Å². The van der Waals surface area contributed by atoms with Crippen LogP contribution in [-0.4, -0.2) is 12.2 Å². The molecule has 0 spiro atoms. The molecule has 1 fully saturated rings. The lowest BCUT2D eigenvalue weighted by molar-refractivity contribution is -0.0307. The van der Waals surface area contributed by atoms with E-state index in [0.717, 1.165) is 5.92 Å². The third-order valence-corrected chi connectivity index (χ3v) is 3.91. The standard InChI is InChI=1S/C15H30O/c1-8-9-12-11(14(2,3)4)10-13(16-12)15(5,6)7/h11-13H,8-10H2,1-7H3/t11?,12-,13-/m1/s1. The molecule has 0 radical (unpaired) electrons. The monoisotopic (exact) mass is 226 g/mol. The summed E-state index contributed by atoms with van der Waals surface area (Å²) in [4.78, 5) is 0. The summed E-state index contributed by atoms with van der Waals surface area (Å²) in [6.07, 6.45) is 4.60. The van der Waals surface area contributed by atoms with Crippen molar-refractivity contribution in [3.8, 4) is 0 Å². The summed E-state index contributed by atoms with van der Waals surface area (Å²) in [6, 6.07) is 0. The van der Waals surface area contributed by atoms with Crippen LogP contribution in [-0.2, 0) is 4.74 Å². The summed E-state index contributed by atoms with van der Waals surface area (Å²) in [5.74, 6) is 0.719. The van der Waals surface area contributed by atoms with E-state index in [1.807, 2.05) is 0 Å². The van der Waals surface area contributed by atoms with E-state index in [1.165, 1.54) is 19.3 Å². The Kier molecular flexibility index (Phi) is 4.10. The maximum atomic E-state index is 6.31. The van der Waals surface area contributed by atoms with Crippen molar-refractivity contribution < 1.29 is 4.74 Å². The number of rotatable bonds is 2. The van der Waals surface area contributed by atoms with Gasteiger partial charge in [-0.05, 0) is 29.6 Å². The van der Waals surface area contributed by atoms with Crippen molar-refractivity contribution in [2.24, 2.45) is 16.7 Å². The van der Waals surface area contributed by atoms with Gasteiger partial charge < -0.3 is 4.74 Å². The van der Waals surface area contributed by atoms with Gasteiger partial charge in [0.1, 0.15) is 0 Å². The summed E-state index contributed by atoms with van der Waals surface area (Å²) in [5, 5.41) is 0. The average molecular weight is 226 g/mol. The van der Waals surface area contributed by atoms with Crippen LogP contribution in [0.3, 0.4) is 0 Å². The van der Waals surface area contributed by atoms with Crippen molar-refractivity contribution in [2.45, 2.75) is 79.9 Å². The molecule has 1 aliphatic heterocycles. The molecule has 0 N–H and O–H groups in total. The second-order valence-electron chi connectivity index (χ2n) is 7.53. The Morgan fingerprint density at radius 3 is 1.94 bits per heavy atom. The molecular formula is C15H30O. The van der Waals surface area contributed by atoms with Crippen LogP contribution in [0.25, 0.3) is 0 Å². The maximum absolute atomic E-state index is 6.31. The van der Waals surface area contributed by atoms with Gasteiger partial charge in [0, 0.05) is 0 Å². The molecule has 1 aliphatic rings. The van der Waals surface area contributed by atoms with Crippen LogP contribution in [0.5, 0.6) is 0 Å². The quantitative estimate of drug-likeness (QED) is 0.666. The van der Waals surface area contributed by atoms with E-state index in [2.05, 4.69) is 48.5 Å². The first-order valence-electron chi connectivity index (χ1n) is 6.81. The van der Waals surface area contributed by atoms with Crippen LogP contribution < -0.4 is 0 Å². The molecule has 0 aromatic carbocycles. The summed E-state index contributed by atoms with van der Waals surface area (Å²) in [6.45, 7) is 16.2. The maximum Gasteiger partial charge on any atom is 0.0631 e. The highest BCUT2D eigenvalue weighted by Crippen LogP contribution is 2.45. The summed E-state index contributed by atoms with van der Waals surface area (Å²) in [5.41, 5.74) is 0.659. The van der Waals surface area contributed by atoms with Gasteiger partial charge in [0.15, 0.2) is 0 Å². The molecule has 0 amide bonds. The van der Waals surface area contributed by atoms with Crippen molar-refractivity contribution in [3.63, 3.8) is 0 Å². The molecule has 0 saturated carbocycles. The van der Waals surface area contributed by atoms with Crippen molar-refractivity contribution in [1.82, 2.24) is 0 Å². The zero-order valence-electron chi connectivity index (χ0n) is 12.3. The molecular weight excluding hydrogens is 196 g/mol. The van der Waals surface area contributed by atoms with Gasteiger partial charge in [-0.1, -0.05) is 54.9 Å². The molecule has 3 atom stereocenters. The van der Waals surface area contributed by atoms with Crippen molar-refractivity contribution in [3.05, 3.63) is 0 Å². The summed E-state index contributed by atoms with van der Waals surface area (Å²) in [7, 11) is 0. The largest absolute Gasteiger partial charge is 0.374 e. The Bertz CT molecular complexity index is 219. The highest BCUT2D eigenvalue weighted by Gasteiger charge is 2.44. The highest BCUT2D eigenvalue weighted by atomic mass is 16.5. The van der Waals surface area contributed by atoms with E-state index in [1.54, 1.807) is 0 Å². The number of ether oxygens (including phenoxy) is 1. The minimum Gasteiger partial charge on any atom is -0.374 e. The number of hydrogen-bond acceptors (Lipinski definition) is 1. The number of hydrogen-bond donors (Lipinski definition) is 0. The Morgan fingerprint density at radius 2 is 1.56 bits per heavy atom. The zero-order valence-corrected chi connectivity index (χ0v) is 12.3. The van der Waals surface area contributed by atoms with Gasteiger partial charge in [-0.3, -0.25) is 0 Å². The molecule has 1 unspecified atom stereocenters. The topological polar surface area (TPSA) is 9.23 Å². The minimum atomic E-state index is 0.284. The van der Waals surface area contributed by atoms with Gasteiger partial charge in [-0.2, -0.15) is 0 Å². The van der Waals surface area contributed by atoms with Gasteiger partial charge in [0.2, 0.25) is 0 Å². The molecule has 16 heavy (non-hydrogen) atoms. The van der Waals surface area contributed by atoms with Crippen LogP contribution in [0.15, 0.2) is 0 Å². The van der Waals surface area contributed by atoms with E-state index in [0.29, 0.717) is 17.6 Å². The van der Waals surface area contributed by atoms with Crippen molar-refractivity contribution >= 4 is 0 Å². The Balaban J connectivity index is 2.76. The molecule has 0 aliphatic carbocycles. The Hall–Kier alpha value is -0.0400. The predicted octanol–water partition coefficient (Wildman–Crippen LogP) is 4.65. The highest BCUT2D eigenvalue weighted by molar-refractivity contribution is 4.93. The van der Waals surface area contributed by atoms with Gasteiger partial charge >= 0.3 is 0 Å². The first-order chi connectivity index (χ1) is 7.16. The third kappa shape index (κ3) is 3.23. The van der Waals surface area contributed by atoms with Gasteiger partial charge in [0.25, 0.3) is 0 Å². The van der Waals surface area contributed by atoms with Crippen LogP contribution in [0.4, 0.5) is 0 Å². The van der Waals surface area contributed by atoms with E-state index in [-0.39, 0.29) is 5.41 Å². The fraction of sp³-hybridized carbons (Fsp3) is 1.00. The lowest BCUT2D eigenvalue weighted by Crippen LogP contribution is -2.28. The van der Waals surface area contributed by atoms with E-state index >= 15 is 0 Å². The van der Waals surface area contributed by atoms with Crippen LogP contribution >= 0.6 is 0 Å². The lowest BCUT2D eigenvalue weighted by atomic mass is 9.73. The Morgan fingerprint density at radius 1 is 1.00 bits per heavy atom. The Labute approximate surface area is 102 Å². The molecule has 1 rings (SSSR count). The molecule has 1 saturated heterocycles. The third-order valence-electron chi connectivity index (χ3n) is 3.91. The van der Waals surface area contributed by atoms with E-state index in [4.69, 9.17) is 4.74 Å². The molecule has 1 nitrogen and oxygen atoms in total. The lowest BCUT2D eigenvalue weighted by Gasteiger charge is -2.30. The normalized spacial score (nSPS) is 32.1. The zero-order chi connectivity index (χ0) is 12.6. The molecule has 0 bridgehead atoms. The molecule has 0 aromatic rings. The fourth-order valence-electron chi connectivity index (χ4n) is 2.77. The van der Waals surface area contributed by atoms with Gasteiger partial charge in [-0.25, -0.2) is 0 Å². The minimum absolute atomic E-state index is 0.284. The fourth-order valence-corrected chi connectivity index (χ4v) is 2.77. The molecule has 96 valence electrons. The summed E-state index contributed by atoms with van der Waals surface area (Å²) >= 11 is 0. The van der Waals surface area contributed by atoms with Crippen LogP contribution in [0, 0.1) is 16.7 Å². The van der Waals surface area contributed by atoms with Crippen molar-refractivity contribution in [1.29, 1.82) is 0 Å². The van der Waals surface area contributed by atoms with E-state index in [9.17, 15) is 0 Å². The second-order valence-corrected chi connectivity index (χ2v) is 7.53. The van der Waals surface area contributed by atoms with Crippen LogP contribution in [0.2, 0.25) is 0 Å². The molecule has 1 heterocycles. The second kappa shape index (κ2) is 4.68. The van der Waals surface area contributed by atoms with Gasteiger partial charge in [-0.15, -0.1) is 0 Å². The summed E-state index contributed by atoms with van der Waals surface area (Å²) < 4.78 is 6.31. The molecule has 0 aromatic heterocycles. The van der Waals surface area contributed by atoms with Gasteiger partial charge in [0.05, 0.1) is 12.2 Å². The average Bonchev–Trinajstić information content (AvgIpc) is 2.46. The first-order valence-corrected chi connectivity index (χ1v) is 6.81. The van der Waals surface area contributed by atoms with E-state index < -0.39 is 0 Å². The molecule has 1 heteroatoms. The smallest absolute Gasteiger partial charge is 0.0631 e. The predicted molar refractivity (Wildman–Crippen MR) is 70.6 cm³/mol. The first kappa shape index (κ1) is 14.0. The SMILES string of the molecule is CCC[C@H]1O[C@@H](C(C)(C)C)CC1C(C)(C)C.